The van der Waals surface area contributed by atoms with Crippen molar-refractivity contribution in [2.45, 2.75) is 0 Å². The Hall–Kier alpha value is -3.84. The summed E-state index contributed by atoms with van der Waals surface area (Å²) in [5, 5.41) is 8.57. The van der Waals surface area contributed by atoms with Crippen LogP contribution in [0.2, 0.25) is 0 Å². The summed E-state index contributed by atoms with van der Waals surface area (Å²) in [7, 11) is 0. The second-order valence-corrected chi connectivity index (χ2v) is 7.46. The molecule has 5 aromatic carbocycles. The maximum Gasteiger partial charge on any atom is 0.142 e. The lowest BCUT2D eigenvalue weighted by molar-refractivity contribution is 0.608. The van der Waals surface area contributed by atoms with Gasteiger partial charge in [0.1, 0.15) is 11.3 Å². The minimum atomic E-state index is 0.870. The van der Waals surface area contributed by atoms with Gasteiger partial charge in [-0.2, -0.15) is 0 Å². The van der Waals surface area contributed by atoms with Crippen molar-refractivity contribution >= 4 is 55.4 Å². The molecule has 0 aliphatic rings. The quantitative estimate of drug-likeness (QED) is 0.222. The van der Waals surface area contributed by atoms with Crippen molar-refractivity contribution < 1.29 is 4.42 Å². The van der Waals surface area contributed by atoms with E-state index in [2.05, 4.69) is 84.9 Å². The first-order valence-electron chi connectivity index (χ1n) is 9.86. The van der Waals surface area contributed by atoms with E-state index in [0.29, 0.717) is 0 Å². The van der Waals surface area contributed by atoms with Gasteiger partial charge in [-0.05, 0) is 62.8 Å². The standard InChI is InChI=1S/C28H18O/c1-2-6-19(7-3-1)10-13-24-17-23-12-14-25-26(28(23)29-24)15-11-22-16-20-8-4-5-9-21(20)18-27(22)25/h1-18H/b13-10+. The first-order chi connectivity index (χ1) is 14.3. The van der Waals surface area contributed by atoms with Crippen molar-refractivity contribution in [1.82, 2.24) is 0 Å². The number of fused-ring (bicyclic) bond motifs is 6. The van der Waals surface area contributed by atoms with Crippen molar-refractivity contribution in [3.63, 3.8) is 0 Å². The molecule has 1 heteroatoms. The highest BCUT2D eigenvalue weighted by Crippen LogP contribution is 2.35. The summed E-state index contributed by atoms with van der Waals surface area (Å²) in [6.07, 6.45) is 4.12. The summed E-state index contributed by atoms with van der Waals surface area (Å²) in [4.78, 5) is 0. The second kappa shape index (κ2) is 6.35. The Balaban J connectivity index is 1.55. The van der Waals surface area contributed by atoms with Gasteiger partial charge in [0.15, 0.2) is 0 Å². The zero-order chi connectivity index (χ0) is 19.2. The van der Waals surface area contributed by atoms with Crippen LogP contribution < -0.4 is 0 Å². The van der Waals surface area contributed by atoms with E-state index in [1.807, 2.05) is 24.3 Å². The minimum absolute atomic E-state index is 0.870. The van der Waals surface area contributed by atoms with Crippen molar-refractivity contribution in [3.8, 4) is 0 Å². The molecule has 0 radical (unpaired) electrons. The molecule has 0 amide bonds. The summed E-state index contributed by atoms with van der Waals surface area (Å²) in [5.41, 5.74) is 2.11. The van der Waals surface area contributed by atoms with Crippen LogP contribution in [0.15, 0.2) is 101 Å². The van der Waals surface area contributed by atoms with Crippen LogP contribution in [-0.2, 0) is 0 Å². The van der Waals surface area contributed by atoms with Gasteiger partial charge < -0.3 is 4.42 Å². The van der Waals surface area contributed by atoms with Crippen LogP contribution in [-0.4, -0.2) is 0 Å². The van der Waals surface area contributed by atoms with Crippen molar-refractivity contribution in [2.24, 2.45) is 0 Å². The van der Waals surface area contributed by atoms with Crippen molar-refractivity contribution in [2.75, 3.05) is 0 Å². The van der Waals surface area contributed by atoms with Gasteiger partial charge in [0.25, 0.3) is 0 Å². The Labute approximate surface area is 168 Å². The first-order valence-corrected chi connectivity index (χ1v) is 9.86. The SMILES string of the molecule is C(=C\c1cc2ccc3c4cc5ccccc5cc4ccc3c2o1)/c1ccccc1. The summed E-state index contributed by atoms with van der Waals surface area (Å²) in [5.74, 6) is 0.870. The molecule has 0 saturated carbocycles. The Bertz CT molecular complexity index is 1530. The van der Waals surface area contributed by atoms with Gasteiger partial charge in [-0.3, -0.25) is 0 Å². The summed E-state index contributed by atoms with van der Waals surface area (Å²) >= 11 is 0. The molecule has 0 unspecified atom stereocenters. The summed E-state index contributed by atoms with van der Waals surface area (Å²) in [6, 6.07) is 34.2. The lowest BCUT2D eigenvalue weighted by atomic mass is 9.97. The zero-order valence-corrected chi connectivity index (χ0v) is 15.8. The molecular weight excluding hydrogens is 352 g/mol. The van der Waals surface area contributed by atoms with E-state index in [0.717, 1.165) is 27.7 Å². The number of furan rings is 1. The Morgan fingerprint density at radius 2 is 1.21 bits per heavy atom. The molecule has 1 aromatic heterocycles. The topological polar surface area (TPSA) is 13.1 Å². The van der Waals surface area contributed by atoms with Crippen LogP contribution in [0.3, 0.4) is 0 Å². The van der Waals surface area contributed by atoms with Crippen LogP contribution >= 0.6 is 0 Å². The predicted molar refractivity (Wildman–Crippen MR) is 124 cm³/mol. The van der Waals surface area contributed by atoms with Gasteiger partial charge >= 0.3 is 0 Å². The lowest BCUT2D eigenvalue weighted by Crippen LogP contribution is -1.80. The zero-order valence-electron chi connectivity index (χ0n) is 15.8. The maximum atomic E-state index is 6.25. The van der Waals surface area contributed by atoms with Crippen LogP contribution in [0, 0.1) is 0 Å². The second-order valence-electron chi connectivity index (χ2n) is 7.46. The molecule has 6 rings (SSSR count). The third-order valence-corrected chi connectivity index (χ3v) is 5.62. The molecule has 0 fully saturated rings. The molecule has 0 N–H and O–H groups in total. The van der Waals surface area contributed by atoms with Crippen molar-refractivity contribution in [3.05, 3.63) is 108 Å². The highest BCUT2D eigenvalue weighted by molar-refractivity contribution is 6.18. The number of rotatable bonds is 2. The fourth-order valence-electron chi connectivity index (χ4n) is 4.17. The van der Waals surface area contributed by atoms with E-state index in [4.69, 9.17) is 4.42 Å². The Morgan fingerprint density at radius 3 is 2.07 bits per heavy atom. The van der Waals surface area contributed by atoms with E-state index in [9.17, 15) is 0 Å². The summed E-state index contributed by atoms with van der Waals surface area (Å²) < 4.78 is 6.25. The average Bonchev–Trinajstić information content (AvgIpc) is 3.20. The van der Waals surface area contributed by atoms with E-state index < -0.39 is 0 Å². The van der Waals surface area contributed by atoms with Crippen LogP contribution in [0.1, 0.15) is 11.3 Å². The molecule has 0 saturated heterocycles. The first kappa shape index (κ1) is 16.1. The third-order valence-electron chi connectivity index (χ3n) is 5.62. The van der Waals surface area contributed by atoms with Gasteiger partial charge in [0.2, 0.25) is 0 Å². The van der Waals surface area contributed by atoms with Gasteiger partial charge in [0.05, 0.1) is 0 Å². The predicted octanol–water partition coefficient (Wildman–Crippen LogP) is 8.06. The fourth-order valence-corrected chi connectivity index (χ4v) is 4.17. The molecule has 136 valence electrons. The smallest absolute Gasteiger partial charge is 0.142 e. The van der Waals surface area contributed by atoms with Crippen LogP contribution in [0.25, 0.3) is 55.4 Å². The number of hydrogen-bond donors (Lipinski definition) is 0. The highest BCUT2D eigenvalue weighted by Gasteiger charge is 2.09. The van der Waals surface area contributed by atoms with Gasteiger partial charge in [0, 0.05) is 10.8 Å². The minimum Gasteiger partial charge on any atom is -0.456 e. The normalized spacial score (nSPS) is 12.0. The summed E-state index contributed by atoms with van der Waals surface area (Å²) in [6.45, 7) is 0. The van der Waals surface area contributed by atoms with Crippen molar-refractivity contribution in [1.29, 1.82) is 0 Å². The van der Waals surface area contributed by atoms with Crippen LogP contribution in [0.4, 0.5) is 0 Å². The Kier molecular flexibility index (Phi) is 3.54. The molecule has 29 heavy (non-hydrogen) atoms. The van der Waals surface area contributed by atoms with Gasteiger partial charge in [-0.1, -0.05) is 78.9 Å². The van der Waals surface area contributed by atoms with Crippen LogP contribution in [0.5, 0.6) is 0 Å². The number of benzene rings is 5. The molecule has 6 aromatic rings. The monoisotopic (exact) mass is 370 g/mol. The lowest BCUT2D eigenvalue weighted by Gasteiger charge is -2.07. The molecular formula is C28H18O. The van der Waals surface area contributed by atoms with E-state index >= 15 is 0 Å². The number of hydrogen-bond acceptors (Lipinski definition) is 1. The largest absolute Gasteiger partial charge is 0.456 e. The fraction of sp³-hybridized carbons (Fsp3) is 0. The molecule has 1 nitrogen and oxygen atoms in total. The molecule has 0 bridgehead atoms. The Morgan fingerprint density at radius 1 is 0.483 bits per heavy atom. The molecule has 0 spiro atoms. The van der Waals surface area contributed by atoms with Gasteiger partial charge in [-0.25, -0.2) is 0 Å². The highest BCUT2D eigenvalue weighted by atomic mass is 16.3. The van der Waals surface area contributed by atoms with E-state index in [1.54, 1.807) is 0 Å². The van der Waals surface area contributed by atoms with E-state index in [-0.39, 0.29) is 0 Å². The van der Waals surface area contributed by atoms with E-state index in [1.165, 1.54) is 26.9 Å². The molecule has 0 aliphatic carbocycles. The third kappa shape index (κ3) is 2.71. The molecule has 0 aliphatic heterocycles. The average molecular weight is 370 g/mol. The maximum absolute atomic E-state index is 6.25. The molecule has 1 heterocycles. The molecule has 0 atom stereocenters. The van der Waals surface area contributed by atoms with Gasteiger partial charge in [-0.15, -0.1) is 0 Å².